The van der Waals surface area contributed by atoms with E-state index in [1.165, 1.54) is 13.8 Å². The molecular formula is C13H16F3NO3S. The van der Waals surface area contributed by atoms with Crippen molar-refractivity contribution in [3.05, 3.63) is 35.4 Å². The third-order valence-electron chi connectivity index (χ3n) is 2.80. The van der Waals surface area contributed by atoms with E-state index >= 15 is 0 Å². The average Bonchev–Trinajstić information content (AvgIpc) is 2.37. The van der Waals surface area contributed by atoms with Crippen molar-refractivity contribution < 1.29 is 26.4 Å². The van der Waals surface area contributed by atoms with Crippen molar-refractivity contribution in [3.63, 3.8) is 0 Å². The number of nitrogens with one attached hydrogen (secondary N) is 1. The lowest BCUT2D eigenvalue weighted by Gasteiger charge is -2.14. The molecule has 1 atom stereocenters. The molecule has 0 radical (unpaired) electrons. The molecule has 0 aliphatic rings. The topological polar surface area (TPSA) is 63.2 Å². The molecule has 0 saturated heterocycles. The second-order valence-electron chi connectivity index (χ2n) is 4.65. The molecule has 0 unspecified atom stereocenters. The van der Waals surface area contributed by atoms with Crippen molar-refractivity contribution in [2.45, 2.75) is 26.1 Å². The Morgan fingerprint density at radius 2 is 1.76 bits per heavy atom. The fraction of sp³-hybridized carbons (Fsp3) is 0.462. The normalized spacial score (nSPS) is 13.8. The predicted molar refractivity (Wildman–Crippen MR) is 72.7 cm³/mol. The Labute approximate surface area is 121 Å². The van der Waals surface area contributed by atoms with Gasteiger partial charge in [0.05, 0.1) is 11.3 Å². The van der Waals surface area contributed by atoms with Crippen LogP contribution in [0, 0.1) is 0 Å². The van der Waals surface area contributed by atoms with Crippen LogP contribution in [-0.2, 0) is 16.0 Å². The summed E-state index contributed by atoms with van der Waals surface area (Å²) in [5.74, 6) is -0.855. The van der Waals surface area contributed by atoms with Crippen molar-refractivity contribution in [2.24, 2.45) is 0 Å². The van der Waals surface area contributed by atoms with Crippen molar-refractivity contribution in [2.75, 3.05) is 11.5 Å². The molecule has 118 valence electrons. The molecule has 0 heterocycles. The molecule has 21 heavy (non-hydrogen) atoms. The van der Waals surface area contributed by atoms with Crippen LogP contribution in [0.5, 0.6) is 0 Å². The van der Waals surface area contributed by atoms with Gasteiger partial charge in [-0.2, -0.15) is 13.2 Å². The molecule has 0 fully saturated rings. The molecule has 8 heteroatoms. The lowest BCUT2D eigenvalue weighted by molar-refractivity contribution is -0.137. The van der Waals surface area contributed by atoms with Crippen molar-refractivity contribution in [1.29, 1.82) is 0 Å². The van der Waals surface area contributed by atoms with Gasteiger partial charge in [0.25, 0.3) is 5.91 Å². The molecule has 0 bridgehead atoms. The van der Waals surface area contributed by atoms with Gasteiger partial charge in [0.2, 0.25) is 0 Å². The fourth-order valence-corrected chi connectivity index (χ4v) is 2.74. The lowest BCUT2D eigenvalue weighted by atomic mass is 10.1. The largest absolute Gasteiger partial charge is 0.416 e. The summed E-state index contributed by atoms with van der Waals surface area (Å²) in [5.41, 5.74) is -0.801. The maximum Gasteiger partial charge on any atom is 0.416 e. The monoisotopic (exact) mass is 323 g/mol. The highest BCUT2D eigenvalue weighted by Crippen LogP contribution is 2.29. The number of hydrogen-bond donors (Lipinski definition) is 1. The molecule has 0 aromatic heterocycles. The minimum atomic E-state index is -4.46. The van der Waals surface area contributed by atoms with Crippen molar-refractivity contribution in [3.8, 4) is 0 Å². The summed E-state index contributed by atoms with van der Waals surface area (Å²) in [6, 6.07) is 3.10. The summed E-state index contributed by atoms with van der Waals surface area (Å²) >= 11 is 0. The number of benzene rings is 1. The maximum absolute atomic E-state index is 12.4. The van der Waals surface area contributed by atoms with Gasteiger partial charge in [-0.15, -0.1) is 0 Å². The number of carbonyl (C=O) groups is 1. The Bertz CT molecular complexity index is 594. The lowest BCUT2D eigenvalue weighted by Crippen LogP contribution is -2.38. The zero-order valence-electron chi connectivity index (χ0n) is 11.6. The number of amides is 1. The zero-order chi connectivity index (χ0) is 16.3. The van der Waals surface area contributed by atoms with Gasteiger partial charge in [0.15, 0.2) is 9.84 Å². The number of rotatable bonds is 5. The molecule has 1 aromatic rings. The first-order chi connectivity index (χ1) is 9.55. The zero-order valence-corrected chi connectivity index (χ0v) is 12.4. The van der Waals surface area contributed by atoms with Gasteiger partial charge in [-0.25, -0.2) is 8.42 Å². The Kier molecular flexibility index (Phi) is 5.38. The Balaban J connectivity index is 2.72. The second kappa shape index (κ2) is 6.46. The SMILES string of the molecule is CCS(=O)(=O)C[C@@H](C)NC(=O)c1ccc(C(F)(F)F)cc1. The number of alkyl halides is 3. The van der Waals surface area contributed by atoms with Gasteiger partial charge in [0, 0.05) is 17.4 Å². The summed E-state index contributed by atoms with van der Waals surface area (Å²) in [7, 11) is -3.24. The number of sulfone groups is 1. The molecule has 1 aromatic carbocycles. The fourth-order valence-electron chi connectivity index (χ4n) is 1.66. The van der Waals surface area contributed by atoms with Crippen molar-refractivity contribution in [1.82, 2.24) is 5.32 Å². The van der Waals surface area contributed by atoms with Crippen LogP contribution in [0.3, 0.4) is 0 Å². The van der Waals surface area contributed by atoms with E-state index in [1.807, 2.05) is 0 Å². The summed E-state index contributed by atoms with van der Waals surface area (Å²) in [5, 5.41) is 2.45. The third-order valence-corrected chi connectivity index (χ3v) is 4.68. The van der Waals surface area contributed by atoms with Crippen LogP contribution in [0.2, 0.25) is 0 Å². The third kappa shape index (κ3) is 5.37. The molecular weight excluding hydrogens is 307 g/mol. The Hall–Kier alpha value is -1.57. The molecule has 0 saturated carbocycles. The first-order valence-electron chi connectivity index (χ1n) is 6.23. The van der Waals surface area contributed by atoms with Gasteiger partial charge < -0.3 is 5.32 Å². The van der Waals surface area contributed by atoms with Gasteiger partial charge in [-0.05, 0) is 31.2 Å². The summed E-state index contributed by atoms with van der Waals surface area (Å²) in [6.07, 6.45) is -4.46. The summed E-state index contributed by atoms with van der Waals surface area (Å²) in [6.45, 7) is 3.02. The minimum absolute atomic E-state index is 0.0342. The van der Waals surface area contributed by atoms with Gasteiger partial charge in [0.1, 0.15) is 0 Å². The molecule has 0 aliphatic carbocycles. The maximum atomic E-state index is 12.4. The van der Waals surface area contributed by atoms with E-state index in [2.05, 4.69) is 5.32 Å². The van der Waals surface area contributed by atoms with Crippen LogP contribution in [0.1, 0.15) is 29.8 Å². The van der Waals surface area contributed by atoms with E-state index in [9.17, 15) is 26.4 Å². The molecule has 4 nitrogen and oxygen atoms in total. The van der Waals surface area contributed by atoms with Crippen LogP contribution < -0.4 is 5.32 Å². The first kappa shape index (κ1) is 17.5. The number of carbonyl (C=O) groups excluding carboxylic acids is 1. The Morgan fingerprint density at radius 1 is 1.24 bits per heavy atom. The van der Waals surface area contributed by atoms with Gasteiger partial charge in [-0.1, -0.05) is 6.92 Å². The highest BCUT2D eigenvalue weighted by Gasteiger charge is 2.30. The van der Waals surface area contributed by atoms with Crippen LogP contribution in [0.4, 0.5) is 13.2 Å². The van der Waals surface area contributed by atoms with Gasteiger partial charge in [-0.3, -0.25) is 4.79 Å². The molecule has 0 spiro atoms. The number of hydrogen-bond acceptors (Lipinski definition) is 3. The minimum Gasteiger partial charge on any atom is -0.349 e. The number of halogens is 3. The van der Waals surface area contributed by atoms with E-state index in [1.54, 1.807) is 0 Å². The van der Waals surface area contributed by atoms with E-state index < -0.39 is 33.5 Å². The van der Waals surface area contributed by atoms with Crippen LogP contribution in [-0.4, -0.2) is 31.9 Å². The highest BCUT2D eigenvalue weighted by molar-refractivity contribution is 7.91. The van der Waals surface area contributed by atoms with Crippen LogP contribution in [0.25, 0.3) is 0 Å². The summed E-state index contributed by atoms with van der Waals surface area (Å²) < 4.78 is 60.0. The second-order valence-corrected chi connectivity index (χ2v) is 7.05. The molecule has 1 N–H and O–H groups in total. The van der Waals surface area contributed by atoms with Crippen LogP contribution in [0.15, 0.2) is 24.3 Å². The molecule has 0 aliphatic heterocycles. The standard InChI is InChI=1S/C13H16F3NO3S/c1-3-21(19,20)8-9(2)17-12(18)10-4-6-11(7-5-10)13(14,15)16/h4-7,9H,3,8H2,1-2H3,(H,17,18)/t9-/m1/s1. The highest BCUT2D eigenvalue weighted by atomic mass is 32.2. The average molecular weight is 323 g/mol. The first-order valence-corrected chi connectivity index (χ1v) is 8.06. The van der Waals surface area contributed by atoms with E-state index in [4.69, 9.17) is 0 Å². The van der Waals surface area contributed by atoms with Gasteiger partial charge >= 0.3 is 6.18 Å². The quantitative estimate of drug-likeness (QED) is 0.904. The Morgan fingerprint density at radius 3 is 2.19 bits per heavy atom. The molecule has 1 rings (SSSR count). The van der Waals surface area contributed by atoms with Crippen molar-refractivity contribution >= 4 is 15.7 Å². The smallest absolute Gasteiger partial charge is 0.349 e. The van der Waals surface area contributed by atoms with E-state index in [-0.39, 0.29) is 17.1 Å². The van der Waals surface area contributed by atoms with E-state index in [0.717, 1.165) is 24.3 Å². The molecule has 1 amide bonds. The van der Waals surface area contributed by atoms with E-state index in [0.29, 0.717) is 0 Å². The van der Waals surface area contributed by atoms with Crippen LogP contribution >= 0.6 is 0 Å². The predicted octanol–water partition coefficient (Wildman–Crippen LogP) is 2.26. The summed E-state index contributed by atoms with van der Waals surface area (Å²) in [4.78, 5) is 11.8.